The monoisotopic (exact) mass is 304 g/mol. The van der Waals surface area contributed by atoms with Crippen molar-refractivity contribution in [3.05, 3.63) is 21.6 Å². The van der Waals surface area contributed by atoms with Crippen LogP contribution in [-0.4, -0.2) is 64.3 Å². The van der Waals surface area contributed by atoms with E-state index in [1.807, 2.05) is 19.0 Å². The molecule has 1 atom stereocenters. The largest absolute Gasteiger partial charge is 0.393 e. The number of hydrogen-bond donors (Lipinski definition) is 3. The van der Waals surface area contributed by atoms with E-state index < -0.39 is 12.2 Å². The molecule has 8 heteroatoms. The van der Waals surface area contributed by atoms with Crippen LogP contribution in [0.1, 0.15) is 6.92 Å². The van der Waals surface area contributed by atoms with Crippen molar-refractivity contribution in [2.24, 2.45) is 0 Å². The van der Waals surface area contributed by atoms with Gasteiger partial charge in [-0.05, 0) is 21.0 Å². The standard InChI is InChI=1S/C12H21ClN4O3/c1-12(20,8-18)7-14-9-6-15-17(5-4-16(2)3)11(19)10(9)13/h6,14,18,20H,4-5,7-8H2,1-3H3. The summed E-state index contributed by atoms with van der Waals surface area (Å²) in [5.74, 6) is 0. The van der Waals surface area contributed by atoms with E-state index in [0.29, 0.717) is 18.8 Å². The molecule has 1 heterocycles. The number of halogens is 1. The molecule has 0 fully saturated rings. The van der Waals surface area contributed by atoms with E-state index in [1.165, 1.54) is 17.8 Å². The van der Waals surface area contributed by atoms with Gasteiger partial charge in [-0.2, -0.15) is 5.10 Å². The Morgan fingerprint density at radius 2 is 2.20 bits per heavy atom. The van der Waals surface area contributed by atoms with Crippen LogP contribution in [0.3, 0.4) is 0 Å². The highest BCUT2D eigenvalue weighted by Gasteiger charge is 2.19. The van der Waals surface area contributed by atoms with Gasteiger partial charge in [-0.15, -0.1) is 0 Å². The Morgan fingerprint density at radius 3 is 2.75 bits per heavy atom. The minimum Gasteiger partial charge on any atom is -0.393 e. The second kappa shape index (κ2) is 7.03. The van der Waals surface area contributed by atoms with Gasteiger partial charge in [0, 0.05) is 13.1 Å². The molecule has 1 aromatic rings. The molecule has 0 amide bonds. The molecule has 0 radical (unpaired) electrons. The number of aliphatic hydroxyl groups excluding tert-OH is 1. The van der Waals surface area contributed by atoms with E-state index in [4.69, 9.17) is 16.7 Å². The molecule has 0 spiro atoms. The van der Waals surface area contributed by atoms with E-state index in [2.05, 4.69) is 10.4 Å². The van der Waals surface area contributed by atoms with Crippen molar-refractivity contribution in [3.63, 3.8) is 0 Å². The second-order valence-corrected chi connectivity index (χ2v) is 5.59. The highest BCUT2D eigenvalue weighted by Crippen LogP contribution is 2.16. The van der Waals surface area contributed by atoms with Gasteiger partial charge in [0.25, 0.3) is 5.56 Å². The lowest BCUT2D eigenvalue weighted by atomic mass is 10.1. The van der Waals surface area contributed by atoms with Crippen molar-refractivity contribution in [2.75, 3.05) is 39.1 Å². The average Bonchev–Trinajstić information content (AvgIpc) is 2.39. The topological polar surface area (TPSA) is 90.6 Å². The molecular formula is C12H21ClN4O3. The number of nitrogens with zero attached hydrogens (tertiary/aromatic N) is 3. The third-order valence-electron chi connectivity index (χ3n) is 2.74. The summed E-state index contributed by atoms with van der Waals surface area (Å²) in [6.07, 6.45) is 1.44. The lowest BCUT2D eigenvalue weighted by Crippen LogP contribution is -2.37. The molecule has 0 bridgehead atoms. The zero-order chi connectivity index (χ0) is 15.3. The number of hydrogen-bond acceptors (Lipinski definition) is 6. The molecule has 0 aliphatic rings. The van der Waals surface area contributed by atoms with Crippen molar-refractivity contribution >= 4 is 17.3 Å². The summed E-state index contributed by atoms with van der Waals surface area (Å²) in [5, 5.41) is 25.5. The highest BCUT2D eigenvalue weighted by atomic mass is 35.5. The van der Waals surface area contributed by atoms with Crippen LogP contribution in [0.4, 0.5) is 5.69 Å². The Bertz CT molecular complexity index is 502. The van der Waals surface area contributed by atoms with Crippen molar-refractivity contribution in [3.8, 4) is 0 Å². The molecule has 114 valence electrons. The van der Waals surface area contributed by atoms with E-state index >= 15 is 0 Å². The maximum absolute atomic E-state index is 12.0. The summed E-state index contributed by atoms with van der Waals surface area (Å²) in [7, 11) is 3.80. The molecule has 0 saturated carbocycles. The molecular weight excluding hydrogens is 284 g/mol. The van der Waals surface area contributed by atoms with Gasteiger partial charge in [0.1, 0.15) is 10.6 Å². The van der Waals surface area contributed by atoms with Gasteiger partial charge in [0.15, 0.2) is 0 Å². The summed E-state index contributed by atoms with van der Waals surface area (Å²) in [6.45, 7) is 2.26. The minimum absolute atomic E-state index is 0.0208. The van der Waals surface area contributed by atoms with Crippen LogP contribution < -0.4 is 10.9 Å². The van der Waals surface area contributed by atoms with Crippen LogP contribution in [0.2, 0.25) is 5.02 Å². The minimum atomic E-state index is -1.29. The predicted octanol–water partition coefficient (Wildman–Crippen LogP) is -0.386. The maximum Gasteiger partial charge on any atom is 0.287 e. The smallest absolute Gasteiger partial charge is 0.287 e. The summed E-state index contributed by atoms with van der Waals surface area (Å²) in [6, 6.07) is 0. The molecule has 0 aliphatic carbocycles. The van der Waals surface area contributed by atoms with Crippen LogP contribution in [0.25, 0.3) is 0 Å². The zero-order valence-electron chi connectivity index (χ0n) is 11.9. The summed E-state index contributed by atoms with van der Waals surface area (Å²) < 4.78 is 1.29. The molecule has 7 nitrogen and oxygen atoms in total. The van der Waals surface area contributed by atoms with Gasteiger partial charge in [0.05, 0.1) is 25.0 Å². The first kappa shape index (κ1) is 16.9. The number of nitrogens with one attached hydrogen (secondary N) is 1. The quantitative estimate of drug-likeness (QED) is 0.636. The summed E-state index contributed by atoms with van der Waals surface area (Å²) >= 11 is 5.99. The first-order valence-electron chi connectivity index (χ1n) is 6.24. The lowest BCUT2D eigenvalue weighted by molar-refractivity contribution is 0.0132. The number of aliphatic hydroxyl groups is 2. The summed E-state index contributed by atoms with van der Waals surface area (Å²) in [5.41, 5.74) is -1.34. The first-order valence-corrected chi connectivity index (χ1v) is 6.62. The lowest BCUT2D eigenvalue weighted by Gasteiger charge is -2.21. The van der Waals surface area contributed by atoms with E-state index in [0.717, 1.165) is 0 Å². The fourth-order valence-electron chi connectivity index (χ4n) is 1.38. The van der Waals surface area contributed by atoms with Crippen molar-refractivity contribution in [2.45, 2.75) is 19.1 Å². The average molecular weight is 305 g/mol. The molecule has 0 saturated heterocycles. The molecule has 3 N–H and O–H groups in total. The van der Waals surface area contributed by atoms with Crippen molar-refractivity contribution in [1.82, 2.24) is 14.7 Å². The van der Waals surface area contributed by atoms with Crippen LogP contribution in [0.5, 0.6) is 0 Å². The van der Waals surface area contributed by atoms with E-state index in [9.17, 15) is 9.90 Å². The third kappa shape index (κ3) is 4.75. The molecule has 1 unspecified atom stereocenters. The number of anilines is 1. The maximum atomic E-state index is 12.0. The van der Waals surface area contributed by atoms with Gasteiger partial charge in [-0.25, -0.2) is 4.68 Å². The molecule has 20 heavy (non-hydrogen) atoms. The Morgan fingerprint density at radius 1 is 1.55 bits per heavy atom. The SMILES string of the molecule is CN(C)CCn1ncc(NCC(C)(O)CO)c(Cl)c1=O. The Labute approximate surface area is 122 Å². The van der Waals surface area contributed by atoms with Gasteiger partial charge in [-0.3, -0.25) is 4.79 Å². The predicted molar refractivity (Wildman–Crippen MR) is 78.3 cm³/mol. The normalized spacial score (nSPS) is 14.3. The summed E-state index contributed by atoms with van der Waals surface area (Å²) in [4.78, 5) is 13.9. The Kier molecular flexibility index (Phi) is 5.94. The fraction of sp³-hybridized carbons (Fsp3) is 0.667. The first-order chi connectivity index (χ1) is 9.26. The zero-order valence-corrected chi connectivity index (χ0v) is 12.7. The molecule has 1 aromatic heterocycles. The van der Waals surface area contributed by atoms with Gasteiger partial charge >= 0.3 is 0 Å². The molecule has 0 aliphatic heterocycles. The highest BCUT2D eigenvalue weighted by molar-refractivity contribution is 6.32. The van der Waals surface area contributed by atoms with Crippen LogP contribution in [0, 0.1) is 0 Å². The number of rotatable bonds is 7. The molecule has 0 aromatic carbocycles. The fourth-order valence-corrected chi connectivity index (χ4v) is 1.60. The third-order valence-corrected chi connectivity index (χ3v) is 3.11. The second-order valence-electron chi connectivity index (χ2n) is 5.21. The Hall–Kier alpha value is -1.15. The number of likely N-dealkylation sites (N-methyl/N-ethyl adjacent to an activating group) is 1. The van der Waals surface area contributed by atoms with Crippen LogP contribution in [0.15, 0.2) is 11.0 Å². The van der Waals surface area contributed by atoms with E-state index in [1.54, 1.807) is 0 Å². The van der Waals surface area contributed by atoms with Gasteiger partial charge in [-0.1, -0.05) is 11.6 Å². The van der Waals surface area contributed by atoms with Crippen molar-refractivity contribution < 1.29 is 10.2 Å². The molecule has 1 rings (SSSR count). The van der Waals surface area contributed by atoms with Gasteiger partial charge in [0.2, 0.25) is 0 Å². The van der Waals surface area contributed by atoms with Crippen molar-refractivity contribution in [1.29, 1.82) is 0 Å². The number of aromatic nitrogens is 2. The van der Waals surface area contributed by atoms with Crippen LogP contribution in [-0.2, 0) is 6.54 Å². The Balaban J connectivity index is 2.81. The van der Waals surface area contributed by atoms with Gasteiger partial charge < -0.3 is 20.4 Å². The van der Waals surface area contributed by atoms with Crippen LogP contribution >= 0.6 is 11.6 Å². The van der Waals surface area contributed by atoms with E-state index in [-0.39, 0.29) is 17.1 Å².